The summed E-state index contributed by atoms with van der Waals surface area (Å²) in [6.45, 7) is 7.55. The molecule has 0 aromatic carbocycles. The fourth-order valence-corrected chi connectivity index (χ4v) is 0.898. The standard InChI is InChI=1S/C6H14ClN.ClH.H3N/c1-3-8(4-2)6-5-7;;/h3-6H2,1-2H3;1H;1H3. The number of quaternary nitrogens is 1. The van der Waals surface area contributed by atoms with E-state index in [-0.39, 0.29) is 18.6 Å². The Labute approximate surface area is 74.9 Å². The van der Waals surface area contributed by atoms with Crippen LogP contribution in [0.2, 0.25) is 0 Å². The van der Waals surface area contributed by atoms with Crippen LogP contribution in [-0.2, 0) is 0 Å². The van der Waals surface area contributed by atoms with Crippen molar-refractivity contribution in [3.63, 3.8) is 0 Å². The van der Waals surface area contributed by atoms with Gasteiger partial charge in [-0.1, -0.05) is 13.8 Å². The fourth-order valence-electron chi connectivity index (χ4n) is 0.659. The smallest absolute Gasteiger partial charge is 0.0351 e. The molecule has 0 saturated heterocycles. The molecule has 0 heterocycles. The van der Waals surface area contributed by atoms with Crippen LogP contribution in [0.25, 0.3) is 0 Å². The lowest BCUT2D eigenvalue weighted by molar-refractivity contribution is -0.00000227. The summed E-state index contributed by atoms with van der Waals surface area (Å²) in [5.74, 6) is 0.752. The number of alkyl halides is 1. The lowest BCUT2D eigenvalue weighted by Gasteiger charge is -2.14. The van der Waals surface area contributed by atoms with Crippen molar-refractivity contribution in [2.75, 3.05) is 25.5 Å². The average molecular weight is 189 g/mol. The van der Waals surface area contributed by atoms with Crippen LogP contribution in [0.1, 0.15) is 13.8 Å². The molecule has 0 saturated carbocycles. The van der Waals surface area contributed by atoms with E-state index in [1.54, 1.807) is 0 Å². The highest BCUT2D eigenvalue weighted by Gasteiger charge is 1.93. The van der Waals surface area contributed by atoms with Gasteiger partial charge >= 0.3 is 0 Å². The van der Waals surface area contributed by atoms with Crippen LogP contribution >= 0.6 is 11.6 Å². The Morgan fingerprint density at radius 1 is 1.20 bits per heavy atom. The number of rotatable bonds is 4. The second kappa shape index (κ2) is 12.2. The molecule has 2 nitrogen and oxygen atoms in total. The summed E-state index contributed by atoms with van der Waals surface area (Å²) in [6.07, 6.45) is 0. The van der Waals surface area contributed by atoms with Crippen molar-refractivity contribution in [2.24, 2.45) is 0 Å². The molecule has 0 aliphatic carbocycles. The molecule has 0 amide bonds. The highest BCUT2D eigenvalue weighted by molar-refractivity contribution is 6.18. The van der Waals surface area contributed by atoms with Crippen molar-refractivity contribution >= 4 is 11.6 Å². The maximum atomic E-state index is 5.51. The molecule has 0 aromatic heterocycles. The largest absolute Gasteiger partial charge is 1.00 e. The van der Waals surface area contributed by atoms with Gasteiger partial charge in [-0.05, 0) is 13.1 Å². The first-order chi connectivity index (χ1) is 3.85. The minimum Gasteiger partial charge on any atom is -1.00 e. The first-order valence-electron chi connectivity index (χ1n) is 3.13. The Hall–Kier alpha value is 0.500. The van der Waals surface area contributed by atoms with Crippen molar-refractivity contribution in [2.45, 2.75) is 13.8 Å². The van der Waals surface area contributed by atoms with Crippen LogP contribution in [0, 0.1) is 0 Å². The van der Waals surface area contributed by atoms with E-state index in [2.05, 4.69) is 18.7 Å². The quantitative estimate of drug-likeness (QED) is 0.563. The summed E-state index contributed by atoms with van der Waals surface area (Å²) in [4.78, 5) is 2.30. The Balaban J connectivity index is -0.000000245. The predicted octanol–water partition coefficient (Wildman–Crippen LogP) is -1.05. The van der Waals surface area contributed by atoms with E-state index in [1.165, 1.54) is 0 Å². The van der Waals surface area contributed by atoms with E-state index in [1.807, 2.05) is 0 Å². The highest BCUT2D eigenvalue weighted by Crippen LogP contribution is 1.86. The molecule has 0 spiro atoms. The second-order valence-corrected chi connectivity index (χ2v) is 2.09. The first-order valence-corrected chi connectivity index (χ1v) is 3.66. The third-order valence-corrected chi connectivity index (χ3v) is 1.46. The summed E-state index contributed by atoms with van der Waals surface area (Å²) >= 11 is 5.51. The molecule has 0 aliphatic rings. The topological polar surface area (TPSA) is 39.7 Å². The summed E-state index contributed by atoms with van der Waals surface area (Å²) < 4.78 is 0. The second-order valence-electron chi connectivity index (χ2n) is 1.72. The third kappa shape index (κ3) is 8.50. The maximum absolute atomic E-state index is 5.51. The monoisotopic (exact) mass is 188 g/mol. The Kier molecular flexibility index (Phi) is 20.6. The Morgan fingerprint density at radius 3 is 1.70 bits per heavy atom. The summed E-state index contributed by atoms with van der Waals surface area (Å²) in [7, 11) is 0. The van der Waals surface area contributed by atoms with Crippen LogP contribution in [0.5, 0.6) is 0 Å². The zero-order valence-electron chi connectivity index (χ0n) is 7.03. The summed E-state index contributed by atoms with van der Waals surface area (Å²) in [5, 5.41) is 0. The molecule has 4 heteroatoms. The molecule has 4 N–H and O–H groups in total. The number of nitrogens with zero attached hydrogens (tertiary/aromatic N) is 1. The summed E-state index contributed by atoms with van der Waals surface area (Å²) in [5.41, 5.74) is 0. The SMILES string of the molecule is CCN(CC)CCCl.[Cl-].[NH4+]. The molecule has 0 radical (unpaired) electrons. The molecule has 0 atom stereocenters. The normalized spacial score (nSPS) is 8.40. The van der Waals surface area contributed by atoms with Gasteiger partial charge in [0, 0.05) is 12.4 Å². The first kappa shape index (κ1) is 16.8. The van der Waals surface area contributed by atoms with Crippen LogP contribution in [0.3, 0.4) is 0 Å². The van der Waals surface area contributed by atoms with Gasteiger partial charge in [0.15, 0.2) is 0 Å². The van der Waals surface area contributed by atoms with E-state index in [0.717, 1.165) is 25.5 Å². The van der Waals surface area contributed by atoms with Gasteiger partial charge in [-0.15, -0.1) is 11.6 Å². The molecule has 0 bridgehead atoms. The average Bonchev–Trinajstić information content (AvgIpc) is 1.83. The van der Waals surface area contributed by atoms with E-state index in [0.29, 0.717) is 0 Å². The lowest BCUT2D eigenvalue weighted by atomic mass is 10.5. The third-order valence-electron chi connectivity index (χ3n) is 1.30. The van der Waals surface area contributed by atoms with Gasteiger partial charge < -0.3 is 23.5 Å². The van der Waals surface area contributed by atoms with Gasteiger partial charge in [-0.3, -0.25) is 0 Å². The van der Waals surface area contributed by atoms with Gasteiger partial charge in [-0.25, -0.2) is 0 Å². The minimum absolute atomic E-state index is 0. The molecule has 0 rings (SSSR count). The molecular formula is C6H18Cl2N2. The Morgan fingerprint density at radius 2 is 1.60 bits per heavy atom. The van der Waals surface area contributed by atoms with Crippen LogP contribution < -0.4 is 18.6 Å². The Bertz CT molecular complexity index is 49.0. The van der Waals surface area contributed by atoms with Crippen LogP contribution in [-0.4, -0.2) is 30.4 Å². The van der Waals surface area contributed by atoms with Crippen molar-refractivity contribution in [3.05, 3.63) is 0 Å². The predicted molar refractivity (Wildman–Crippen MR) is 44.5 cm³/mol. The van der Waals surface area contributed by atoms with Gasteiger partial charge in [-0.2, -0.15) is 0 Å². The van der Waals surface area contributed by atoms with E-state index < -0.39 is 0 Å². The van der Waals surface area contributed by atoms with Crippen LogP contribution in [0.4, 0.5) is 0 Å². The molecule has 10 heavy (non-hydrogen) atoms. The van der Waals surface area contributed by atoms with Gasteiger partial charge in [0.25, 0.3) is 0 Å². The zero-order chi connectivity index (χ0) is 6.41. The molecule has 0 aliphatic heterocycles. The zero-order valence-corrected chi connectivity index (χ0v) is 8.54. The van der Waals surface area contributed by atoms with Crippen molar-refractivity contribution in [1.82, 2.24) is 11.1 Å². The molecule has 66 valence electrons. The molecular weight excluding hydrogens is 171 g/mol. The molecule has 0 unspecified atom stereocenters. The van der Waals surface area contributed by atoms with E-state index in [9.17, 15) is 0 Å². The minimum atomic E-state index is 0. The van der Waals surface area contributed by atoms with Crippen molar-refractivity contribution in [3.8, 4) is 0 Å². The number of hydrogen-bond acceptors (Lipinski definition) is 1. The maximum Gasteiger partial charge on any atom is 0.0351 e. The van der Waals surface area contributed by atoms with E-state index >= 15 is 0 Å². The highest BCUT2D eigenvalue weighted by atomic mass is 35.5. The van der Waals surface area contributed by atoms with Crippen molar-refractivity contribution < 1.29 is 12.4 Å². The van der Waals surface area contributed by atoms with Gasteiger partial charge in [0.2, 0.25) is 0 Å². The van der Waals surface area contributed by atoms with E-state index in [4.69, 9.17) is 11.6 Å². The summed E-state index contributed by atoms with van der Waals surface area (Å²) in [6, 6.07) is 0. The van der Waals surface area contributed by atoms with Crippen LogP contribution in [0.15, 0.2) is 0 Å². The lowest BCUT2D eigenvalue weighted by Crippen LogP contribution is -3.00. The molecule has 0 fully saturated rings. The fraction of sp³-hybridized carbons (Fsp3) is 1.00. The van der Waals surface area contributed by atoms with Gasteiger partial charge in [0.05, 0.1) is 0 Å². The number of hydrogen-bond donors (Lipinski definition) is 1. The van der Waals surface area contributed by atoms with Crippen molar-refractivity contribution in [1.29, 1.82) is 0 Å². The number of halogens is 2. The molecule has 0 aromatic rings. The van der Waals surface area contributed by atoms with Gasteiger partial charge in [0.1, 0.15) is 0 Å².